The molecular weight excluding hydrogens is 304 g/mol. The van der Waals surface area contributed by atoms with E-state index >= 15 is 0 Å². The molecule has 24 heavy (non-hydrogen) atoms. The number of hydrogen-bond donors (Lipinski definition) is 0. The minimum atomic E-state index is -0.512. The number of amides is 1. The Labute approximate surface area is 142 Å². The van der Waals surface area contributed by atoms with Gasteiger partial charge in [-0.3, -0.25) is 4.98 Å². The van der Waals surface area contributed by atoms with Crippen molar-refractivity contribution in [2.45, 2.75) is 52.4 Å². The van der Waals surface area contributed by atoms with Gasteiger partial charge in [0.05, 0.1) is 13.1 Å². The third-order valence-electron chi connectivity index (χ3n) is 4.01. The maximum Gasteiger partial charge on any atom is 0.410 e. The number of aromatic nitrogens is 1. The molecule has 0 saturated carbocycles. The second kappa shape index (κ2) is 6.30. The van der Waals surface area contributed by atoms with E-state index in [9.17, 15) is 4.79 Å². The van der Waals surface area contributed by atoms with Crippen LogP contribution in [0.2, 0.25) is 0 Å². The number of hydrogen-bond acceptors (Lipinski definition) is 4. The first-order valence-electron chi connectivity index (χ1n) is 8.37. The fourth-order valence-corrected chi connectivity index (χ4v) is 2.81. The largest absolute Gasteiger partial charge is 0.488 e. The minimum absolute atomic E-state index is 0.0435. The lowest BCUT2D eigenvalue weighted by molar-refractivity contribution is 0.0177. The molecule has 0 aliphatic carbocycles. The van der Waals surface area contributed by atoms with E-state index in [-0.39, 0.29) is 12.2 Å². The first kappa shape index (κ1) is 16.6. The van der Waals surface area contributed by atoms with E-state index in [4.69, 9.17) is 9.47 Å². The van der Waals surface area contributed by atoms with Gasteiger partial charge < -0.3 is 14.4 Å². The topological polar surface area (TPSA) is 51.7 Å². The molecule has 0 radical (unpaired) electrons. The maximum absolute atomic E-state index is 12.5. The third kappa shape index (κ3) is 3.61. The van der Waals surface area contributed by atoms with Crippen LogP contribution in [0.5, 0.6) is 5.75 Å². The van der Waals surface area contributed by atoms with Crippen molar-refractivity contribution in [3.63, 3.8) is 0 Å². The lowest BCUT2D eigenvalue weighted by Crippen LogP contribution is -2.40. The van der Waals surface area contributed by atoms with Crippen LogP contribution in [-0.2, 0) is 11.3 Å². The summed E-state index contributed by atoms with van der Waals surface area (Å²) in [6, 6.07) is 6.05. The van der Waals surface area contributed by atoms with Crippen LogP contribution in [0.1, 0.15) is 39.7 Å². The second-order valence-corrected chi connectivity index (χ2v) is 7.19. The van der Waals surface area contributed by atoms with E-state index in [1.165, 1.54) is 0 Å². The van der Waals surface area contributed by atoms with E-state index < -0.39 is 5.60 Å². The predicted molar refractivity (Wildman–Crippen MR) is 93.1 cm³/mol. The number of pyridine rings is 1. The summed E-state index contributed by atoms with van der Waals surface area (Å²) in [7, 11) is 0. The number of benzene rings is 1. The van der Waals surface area contributed by atoms with E-state index in [0.29, 0.717) is 13.1 Å². The third-order valence-corrected chi connectivity index (χ3v) is 4.01. The highest BCUT2D eigenvalue weighted by Crippen LogP contribution is 2.31. The Morgan fingerprint density at radius 3 is 2.88 bits per heavy atom. The van der Waals surface area contributed by atoms with Crippen LogP contribution in [0.3, 0.4) is 0 Å². The van der Waals surface area contributed by atoms with Gasteiger partial charge in [-0.2, -0.15) is 0 Å². The summed E-state index contributed by atoms with van der Waals surface area (Å²) >= 11 is 0. The smallest absolute Gasteiger partial charge is 0.410 e. The zero-order valence-corrected chi connectivity index (χ0v) is 14.7. The molecule has 1 amide bonds. The van der Waals surface area contributed by atoms with Crippen LogP contribution in [-0.4, -0.2) is 34.2 Å². The Morgan fingerprint density at radius 2 is 2.17 bits per heavy atom. The summed E-state index contributed by atoms with van der Waals surface area (Å²) in [6.45, 7) is 8.70. The summed E-state index contributed by atoms with van der Waals surface area (Å²) in [5, 5.41) is 2.13. The number of ether oxygens (including phenoxy) is 2. The van der Waals surface area contributed by atoms with E-state index in [2.05, 4.69) is 11.9 Å². The number of fused-ring (bicyclic) bond motifs is 2. The highest BCUT2D eigenvalue weighted by molar-refractivity contribution is 5.84. The van der Waals surface area contributed by atoms with Gasteiger partial charge in [-0.15, -0.1) is 0 Å². The van der Waals surface area contributed by atoms with Crippen LogP contribution in [0.15, 0.2) is 30.6 Å². The van der Waals surface area contributed by atoms with Gasteiger partial charge in [0.25, 0.3) is 0 Å². The Hall–Kier alpha value is -2.30. The zero-order chi connectivity index (χ0) is 17.3. The number of carbonyl (C=O) groups is 1. The fourth-order valence-electron chi connectivity index (χ4n) is 2.81. The lowest BCUT2D eigenvalue weighted by atomic mass is 10.1. The monoisotopic (exact) mass is 328 g/mol. The highest BCUT2D eigenvalue weighted by atomic mass is 16.6. The van der Waals surface area contributed by atoms with Crippen LogP contribution in [0.4, 0.5) is 4.79 Å². The van der Waals surface area contributed by atoms with Crippen molar-refractivity contribution in [1.29, 1.82) is 0 Å². The Morgan fingerprint density at radius 1 is 1.38 bits per heavy atom. The van der Waals surface area contributed by atoms with Crippen molar-refractivity contribution in [2.24, 2.45) is 0 Å². The molecule has 0 spiro atoms. The molecule has 5 nitrogen and oxygen atoms in total. The zero-order valence-electron chi connectivity index (χ0n) is 14.7. The van der Waals surface area contributed by atoms with E-state index in [0.717, 1.165) is 28.5 Å². The van der Waals surface area contributed by atoms with Gasteiger partial charge >= 0.3 is 6.09 Å². The van der Waals surface area contributed by atoms with Crippen molar-refractivity contribution in [3.8, 4) is 5.75 Å². The average Bonchev–Trinajstić information content (AvgIpc) is 2.69. The molecule has 3 rings (SSSR count). The SMILES string of the molecule is CC[C@@H]1CN(C(=O)OC(C)(C)C)Cc2cc3cnccc3cc2O1. The standard InChI is InChI=1S/C19H24N2O3/c1-5-16-12-21(18(22)24-19(2,3)4)11-15-8-14-10-20-7-6-13(14)9-17(15)23-16/h6-10,16H,5,11-12H2,1-4H3/t16-/m1/s1. The van der Waals surface area contributed by atoms with Crippen LogP contribution >= 0.6 is 0 Å². The molecule has 0 unspecified atom stereocenters. The Bertz CT molecular complexity index is 752. The molecule has 0 fully saturated rings. The van der Waals surface area contributed by atoms with Crippen LogP contribution in [0, 0.1) is 0 Å². The molecular formula is C19H24N2O3. The molecule has 0 bridgehead atoms. The van der Waals surface area contributed by atoms with Gasteiger partial charge in [-0.1, -0.05) is 6.92 Å². The van der Waals surface area contributed by atoms with Gasteiger partial charge in [0, 0.05) is 23.3 Å². The summed E-state index contributed by atoms with van der Waals surface area (Å²) < 4.78 is 11.7. The number of rotatable bonds is 1. The summed E-state index contributed by atoms with van der Waals surface area (Å²) in [6.07, 6.45) is 4.08. The molecule has 2 aromatic rings. The van der Waals surface area contributed by atoms with Crippen molar-refractivity contribution in [1.82, 2.24) is 9.88 Å². The lowest BCUT2D eigenvalue weighted by Gasteiger charge is -2.27. The van der Waals surface area contributed by atoms with Crippen LogP contribution in [0.25, 0.3) is 10.8 Å². The number of carbonyl (C=O) groups excluding carboxylic acids is 1. The minimum Gasteiger partial charge on any atom is -0.488 e. The summed E-state index contributed by atoms with van der Waals surface area (Å²) in [4.78, 5) is 18.4. The first-order chi connectivity index (χ1) is 11.4. The molecule has 1 aromatic heterocycles. The molecule has 0 saturated heterocycles. The molecule has 1 aliphatic rings. The highest BCUT2D eigenvalue weighted by Gasteiger charge is 2.29. The normalized spacial score (nSPS) is 17.8. The quantitative estimate of drug-likeness (QED) is 0.789. The maximum atomic E-state index is 12.5. The first-order valence-corrected chi connectivity index (χ1v) is 8.37. The van der Waals surface area contributed by atoms with E-state index in [1.807, 2.05) is 45.2 Å². The van der Waals surface area contributed by atoms with Gasteiger partial charge in [0.2, 0.25) is 0 Å². The van der Waals surface area contributed by atoms with Crippen molar-refractivity contribution in [2.75, 3.05) is 6.54 Å². The summed E-state index contributed by atoms with van der Waals surface area (Å²) in [5.74, 6) is 0.839. The molecule has 0 N–H and O–H groups in total. The summed E-state index contributed by atoms with van der Waals surface area (Å²) in [5.41, 5.74) is 0.472. The molecule has 1 aliphatic heterocycles. The molecule has 128 valence electrons. The molecule has 5 heteroatoms. The van der Waals surface area contributed by atoms with Gasteiger partial charge in [-0.25, -0.2) is 4.79 Å². The molecule has 2 heterocycles. The Balaban J connectivity index is 1.95. The van der Waals surface area contributed by atoms with Crippen molar-refractivity contribution >= 4 is 16.9 Å². The predicted octanol–water partition coefficient (Wildman–Crippen LogP) is 4.14. The average molecular weight is 328 g/mol. The van der Waals surface area contributed by atoms with E-state index in [1.54, 1.807) is 11.1 Å². The van der Waals surface area contributed by atoms with Crippen LogP contribution < -0.4 is 4.74 Å². The molecule has 1 aromatic carbocycles. The second-order valence-electron chi connectivity index (χ2n) is 7.19. The van der Waals surface area contributed by atoms with Gasteiger partial charge in [0.15, 0.2) is 0 Å². The number of nitrogens with zero attached hydrogens (tertiary/aromatic N) is 2. The Kier molecular flexibility index (Phi) is 4.35. The fraction of sp³-hybridized carbons (Fsp3) is 0.474. The molecule has 1 atom stereocenters. The van der Waals surface area contributed by atoms with Gasteiger partial charge in [0.1, 0.15) is 17.5 Å². The van der Waals surface area contributed by atoms with Crippen molar-refractivity contribution in [3.05, 3.63) is 36.2 Å². The van der Waals surface area contributed by atoms with Crippen molar-refractivity contribution < 1.29 is 14.3 Å². The van der Waals surface area contributed by atoms with Gasteiger partial charge in [-0.05, 0) is 50.8 Å².